The summed E-state index contributed by atoms with van der Waals surface area (Å²) in [6, 6.07) is 5.41. The van der Waals surface area contributed by atoms with E-state index in [0.29, 0.717) is 4.47 Å². The van der Waals surface area contributed by atoms with E-state index < -0.39 is 6.36 Å². The fourth-order valence-corrected chi connectivity index (χ4v) is 0.901. The van der Waals surface area contributed by atoms with Gasteiger partial charge in [-0.2, -0.15) is 0 Å². The molecule has 0 fully saturated rings. The fraction of sp³-hybridized carbons (Fsp3) is 0.143. The van der Waals surface area contributed by atoms with Gasteiger partial charge < -0.3 is 38.7 Å². The van der Waals surface area contributed by atoms with E-state index in [4.69, 9.17) is 0 Å². The smallest absolute Gasteiger partial charge is 1.00 e. The van der Waals surface area contributed by atoms with Gasteiger partial charge in [-0.3, -0.25) is 0 Å². The molecule has 0 aromatic heterocycles. The minimum absolute atomic E-state index is 0. The van der Waals surface area contributed by atoms with Crippen LogP contribution in [0.25, 0.3) is 0 Å². The zero-order chi connectivity index (χ0) is 9.19. The van der Waals surface area contributed by atoms with Crippen LogP contribution in [0.15, 0.2) is 28.7 Å². The molecule has 1 nitrogen and oxygen atoms in total. The second-order valence-electron chi connectivity index (χ2n) is 2.00. The third-order valence-corrected chi connectivity index (χ3v) is 1.58. The Balaban J connectivity index is -0.000000480. The molecule has 0 aliphatic carbocycles. The standard InChI is InChI=1S/C7H4BrF3O.2BrH.Mg/c8-5-1-3-6(4-2-5)12-7(9,10)11;;;/h1-4H;2*1H;/q;;;+2/p-2. The molecular weight excluding hydrogens is 421 g/mol. The molecule has 0 amide bonds. The van der Waals surface area contributed by atoms with Gasteiger partial charge in [-0.05, 0) is 24.3 Å². The number of hydrogen-bond acceptors (Lipinski definition) is 1. The van der Waals surface area contributed by atoms with E-state index in [2.05, 4.69) is 20.7 Å². The Hall–Kier alpha value is 1.02. The van der Waals surface area contributed by atoms with E-state index in [0.717, 1.165) is 0 Å². The van der Waals surface area contributed by atoms with Crippen LogP contribution in [0.1, 0.15) is 0 Å². The second-order valence-corrected chi connectivity index (χ2v) is 2.92. The monoisotopic (exact) mass is 422 g/mol. The number of benzene rings is 1. The van der Waals surface area contributed by atoms with Gasteiger partial charge in [0.1, 0.15) is 5.75 Å². The van der Waals surface area contributed by atoms with Crippen LogP contribution in [0.2, 0.25) is 0 Å². The molecule has 82 valence electrons. The van der Waals surface area contributed by atoms with Crippen molar-refractivity contribution in [1.82, 2.24) is 0 Å². The van der Waals surface area contributed by atoms with Crippen molar-refractivity contribution >= 4 is 39.0 Å². The van der Waals surface area contributed by atoms with Crippen molar-refractivity contribution in [2.45, 2.75) is 6.36 Å². The molecule has 8 heteroatoms. The minimum Gasteiger partial charge on any atom is -1.00 e. The Bertz CT molecular complexity index is 265. The summed E-state index contributed by atoms with van der Waals surface area (Å²) in [7, 11) is 0. The van der Waals surface area contributed by atoms with Crippen molar-refractivity contribution in [2.75, 3.05) is 0 Å². The fourth-order valence-electron chi connectivity index (χ4n) is 0.636. The average Bonchev–Trinajstić information content (AvgIpc) is 1.91. The molecule has 0 aliphatic heterocycles. The first-order valence-electron chi connectivity index (χ1n) is 2.99. The molecule has 0 unspecified atom stereocenters. The molecule has 0 N–H and O–H groups in total. The van der Waals surface area contributed by atoms with Gasteiger partial charge in [0.05, 0.1) is 0 Å². The summed E-state index contributed by atoms with van der Waals surface area (Å²) in [4.78, 5) is 0. The molecule has 0 bridgehead atoms. The van der Waals surface area contributed by atoms with E-state index in [1.807, 2.05) is 0 Å². The molecule has 0 saturated carbocycles. The van der Waals surface area contributed by atoms with Crippen LogP contribution in [-0.2, 0) is 0 Å². The average molecular weight is 425 g/mol. The Morgan fingerprint density at radius 2 is 1.40 bits per heavy atom. The maximum absolute atomic E-state index is 11.6. The Morgan fingerprint density at radius 1 is 1.00 bits per heavy atom. The molecule has 0 spiro atoms. The minimum atomic E-state index is -4.62. The Morgan fingerprint density at radius 3 is 1.73 bits per heavy atom. The van der Waals surface area contributed by atoms with Crippen molar-refractivity contribution in [3.8, 4) is 5.75 Å². The Kier molecular flexibility index (Phi) is 12.9. The van der Waals surface area contributed by atoms with E-state index in [9.17, 15) is 13.2 Å². The van der Waals surface area contributed by atoms with Crippen molar-refractivity contribution in [1.29, 1.82) is 0 Å². The van der Waals surface area contributed by atoms with Crippen LogP contribution in [0.5, 0.6) is 5.75 Å². The first kappa shape index (κ1) is 21.3. The summed E-state index contributed by atoms with van der Waals surface area (Å²) in [6.07, 6.45) is -4.62. The van der Waals surface area contributed by atoms with Gasteiger partial charge in [0, 0.05) is 4.47 Å². The summed E-state index contributed by atoms with van der Waals surface area (Å²) in [5.41, 5.74) is 0. The zero-order valence-electron chi connectivity index (χ0n) is 7.19. The van der Waals surface area contributed by atoms with E-state index in [1.54, 1.807) is 0 Å². The van der Waals surface area contributed by atoms with E-state index >= 15 is 0 Å². The largest absolute Gasteiger partial charge is 2.00 e. The van der Waals surface area contributed by atoms with Crippen molar-refractivity contribution in [3.05, 3.63) is 28.7 Å². The van der Waals surface area contributed by atoms with Crippen LogP contribution in [0.3, 0.4) is 0 Å². The number of hydrogen-bond donors (Lipinski definition) is 0. The second kappa shape index (κ2) is 9.09. The number of halogens is 6. The van der Waals surface area contributed by atoms with Gasteiger partial charge >= 0.3 is 29.4 Å². The summed E-state index contributed by atoms with van der Waals surface area (Å²) in [5.74, 6) is -0.217. The first-order chi connectivity index (χ1) is 5.47. The molecule has 1 aromatic rings. The zero-order valence-corrected chi connectivity index (χ0v) is 13.4. The molecule has 0 aliphatic rings. The van der Waals surface area contributed by atoms with Crippen molar-refractivity contribution in [3.63, 3.8) is 0 Å². The molecule has 15 heavy (non-hydrogen) atoms. The molecule has 1 rings (SSSR count). The molecule has 0 heterocycles. The molecular formula is C7H4Br3F3MgO. The topological polar surface area (TPSA) is 9.23 Å². The van der Waals surface area contributed by atoms with Crippen molar-refractivity contribution in [2.24, 2.45) is 0 Å². The summed E-state index contributed by atoms with van der Waals surface area (Å²) in [6.45, 7) is 0. The van der Waals surface area contributed by atoms with Gasteiger partial charge in [0.2, 0.25) is 0 Å². The third-order valence-electron chi connectivity index (χ3n) is 1.05. The van der Waals surface area contributed by atoms with Crippen LogP contribution >= 0.6 is 15.9 Å². The van der Waals surface area contributed by atoms with E-state index in [1.165, 1.54) is 24.3 Å². The Labute approximate surface area is 131 Å². The molecule has 0 saturated heterocycles. The molecule has 0 radical (unpaired) electrons. The van der Waals surface area contributed by atoms with E-state index in [-0.39, 0.29) is 62.8 Å². The predicted molar refractivity (Wildman–Crippen MR) is 46.6 cm³/mol. The van der Waals surface area contributed by atoms with Crippen LogP contribution in [0.4, 0.5) is 13.2 Å². The number of ether oxygens (including phenoxy) is 1. The summed E-state index contributed by atoms with van der Waals surface area (Å²) >= 11 is 3.09. The van der Waals surface area contributed by atoms with Gasteiger partial charge in [-0.15, -0.1) is 13.2 Å². The number of rotatable bonds is 1. The quantitative estimate of drug-likeness (QED) is 0.436. The van der Waals surface area contributed by atoms with Gasteiger partial charge in [-0.1, -0.05) is 15.9 Å². The predicted octanol–water partition coefficient (Wildman–Crippen LogP) is -3.03. The van der Waals surface area contributed by atoms with Crippen LogP contribution in [0, 0.1) is 0 Å². The maximum Gasteiger partial charge on any atom is 2.00 e. The summed E-state index contributed by atoms with van der Waals surface area (Å²) in [5, 5.41) is 0. The third kappa shape index (κ3) is 9.92. The molecule has 0 atom stereocenters. The first-order valence-corrected chi connectivity index (χ1v) is 3.78. The van der Waals surface area contributed by atoms with Crippen LogP contribution in [-0.4, -0.2) is 29.4 Å². The van der Waals surface area contributed by atoms with Gasteiger partial charge in [-0.25, -0.2) is 0 Å². The normalized spacial score (nSPS) is 9.07. The maximum atomic E-state index is 11.6. The van der Waals surface area contributed by atoms with Gasteiger partial charge in [0.25, 0.3) is 0 Å². The van der Waals surface area contributed by atoms with Crippen LogP contribution < -0.4 is 38.7 Å². The van der Waals surface area contributed by atoms with Gasteiger partial charge in [0.15, 0.2) is 0 Å². The molecule has 1 aromatic carbocycles. The number of alkyl halides is 3. The SMILES string of the molecule is FC(F)(F)Oc1ccc(Br)cc1.[Br-].[Br-].[Mg+2]. The van der Waals surface area contributed by atoms with Crippen molar-refractivity contribution < 1.29 is 51.9 Å². The summed E-state index contributed by atoms with van der Waals surface area (Å²) < 4.78 is 39.2.